The molecule has 0 aliphatic carbocycles. The van der Waals surface area contributed by atoms with Gasteiger partial charge in [0.25, 0.3) is 11.9 Å². The smallest absolute Gasteiger partial charge is 0.339 e. The summed E-state index contributed by atoms with van der Waals surface area (Å²) in [7, 11) is 0. The molecule has 0 atom stereocenters. The summed E-state index contributed by atoms with van der Waals surface area (Å²) in [4.78, 5) is 29.1. The van der Waals surface area contributed by atoms with E-state index in [4.69, 9.17) is 15.2 Å². The fraction of sp³-hybridized carbons (Fsp3) is 0.296. The first-order valence-electron chi connectivity index (χ1n) is 11.3. The van der Waals surface area contributed by atoms with Crippen molar-refractivity contribution in [2.45, 2.75) is 46.3 Å². The van der Waals surface area contributed by atoms with Gasteiger partial charge in [-0.15, -0.1) is 0 Å². The van der Waals surface area contributed by atoms with Gasteiger partial charge in [-0.05, 0) is 56.5 Å². The number of nitrogens with zero attached hydrogens (tertiary/aromatic N) is 2. The Labute approximate surface area is 204 Å². The molecule has 1 amide bonds. The molecule has 7 nitrogen and oxygen atoms in total. The summed E-state index contributed by atoms with van der Waals surface area (Å²) in [6.07, 6.45) is 2.13. The summed E-state index contributed by atoms with van der Waals surface area (Å²) in [6, 6.07) is 11.7. The highest BCUT2D eigenvalue weighted by Gasteiger charge is 2.23. The van der Waals surface area contributed by atoms with E-state index in [2.05, 4.69) is 11.6 Å². The van der Waals surface area contributed by atoms with E-state index in [1.54, 1.807) is 57.2 Å². The van der Waals surface area contributed by atoms with E-state index < -0.39 is 23.3 Å². The fourth-order valence-corrected chi connectivity index (χ4v) is 3.56. The Kier molecular flexibility index (Phi) is 7.74. The normalized spacial score (nSPS) is 11.2. The second-order valence-corrected chi connectivity index (χ2v) is 8.98. The lowest BCUT2D eigenvalue weighted by atomic mass is 9.98. The zero-order valence-electron chi connectivity index (χ0n) is 20.4. The Hall–Kier alpha value is -3.94. The van der Waals surface area contributed by atoms with Crippen molar-refractivity contribution in [3.63, 3.8) is 0 Å². The van der Waals surface area contributed by atoms with E-state index in [9.17, 15) is 9.59 Å². The van der Waals surface area contributed by atoms with Gasteiger partial charge < -0.3 is 15.2 Å². The molecule has 0 unspecified atom stereocenters. The number of primary amides is 1. The standard InChI is InChI=1S/C27H30FN3O4/c1-6-14-34-26-30-22(7-2)23(24(29)32)31(26)16-18-13-12-17(15-21(18)28)19-10-8-9-11-20(19)25(33)35-27(3,4)5/h7-13,15H,2,6,14,16H2,1,3-5H3,(H2,29,32). The third-order valence-electron chi connectivity index (χ3n) is 5.06. The molecule has 8 heteroatoms. The Morgan fingerprint density at radius 3 is 2.51 bits per heavy atom. The highest BCUT2D eigenvalue weighted by Crippen LogP contribution is 2.29. The van der Waals surface area contributed by atoms with Crippen molar-refractivity contribution >= 4 is 18.0 Å². The zero-order valence-corrected chi connectivity index (χ0v) is 20.4. The van der Waals surface area contributed by atoms with Gasteiger partial charge in [0.2, 0.25) is 0 Å². The first-order valence-corrected chi connectivity index (χ1v) is 11.3. The van der Waals surface area contributed by atoms with Gasteiger partial charge in [0.1, 0.15) is 17.1 Å². The van der Waals surface area contributed by atoms with Gasteiger partial charge in [0, 0.05) is 5.56 Å². The minimum atomic E-state index is -0.720. The topological polar surface area (TPSA) is 96.4 Å². The number of rotatable bonds is 9. The van der Waals surface area contributed by atoms with Crippen LogP contribution in [0.4, 0.5) is 4.39 Å². The van der Waals surface area contributed by atoms with Gasteiger partial charge in [-0.25, -0.2) is 9.18 Å². The summed E-state index contributed by atoms with van der Waals surface area (Å²) in [5.41, 5.74) is 6.97. The molecule has 0 bridgehead atoms. The second kappa shape index (κ2) is 10.5. The number of amides is 1. The van der Waals surface area contributed by atoms with Gasteiger partial charge >= 0.3 is 5.97 Å². The van der Waals surface area contributed by atoms with E-state index in [-0.39, 0.29) is 23.9 Å². The van der Waals surface area contributed by atoms with E-state index >= 15 is 4.39 Å². The number of imidazole rings is 1. The number of aromatic nitrogens is 2. The van der Waals surface area contributed by atoms with Crippen molar-refractivity contribution in [2.75, 3.05) is 6.61 Å². The van der Waals surface area contributed by atoms with Crippen molar-refractivity contribution in [2.24, 2.45) is 5.73 Å². The van der Waals surface area contributed by atoms with Crippen LogP contribution in [-0.2, 0) is 11.3 Å². The monoisotopic (exact) mass is 479 g/mol. The number of hydrogen-bond donors (Lipinski definition) is 1. The molecule has 0 saturated heterocycles. The first-order chi connectivity index (χ1) is 16.6. The molecule has 1 aromatic heterocycles. The summed E-state index contributed by atoms with van der Waals surface area (Å²) in [5, 5.41) is 0. The van der Waals surface area contributed by atoms with Crippen LogP contribution in [0.1, 0.15) is 66.2 Å². The predicted octanol–water partition coefficient (Wildman–Crippen LogP) is 5.22. The third kappa shape index (κ3) is 5.95. The van der Waals surface area contributed by atoms with E-state index in [1.807, 2.05) is 6.92 Å². The van der Waals surface area contributed by atoms with Crippen molar-refractivity contribution in [1.82, 2.24) is 9.55 Å². The number of nitrogens with two attached hydrogens (primary N) is 1. The quantitative estimate of drug-likeness (QED) is 0.424. The average molecular weight is 480 g/mol. The molecule has 35 heavy (non-hydrogen) atoms. The maximum Gasteiger partial charge on any atom is 0.339 e. The molecule has 0 saturated carbocycles. The maximum atomic E-state index is 15.3. The maximum absolute atomic E-state index is 15.3. The summed E-state index contributed by atoms with van der Waals surface area (Å²) >= 11 is 0. The molecule has 2 N–H and O–H groups in total. The van der Waals surface area contributed by atoms with Gasteiger partial charge in [-0.2, -0.15) is 4.98 Å². The zero-order chi connectivity index (χ0) is 25.8. The van der Waals surface area contributed by atoms with Crippen LogP contribution in [0.5, 0.6) is 6.01 Å². The number of halogens is 1. The van der Waals surface area contributed by atoms with Crippen molar-refractivity contribution in [1.29, 1.82) is 0 Å². The van der Waals surface area contributed by atoms with Gasteiger partial charge in [0.15, 0.2) is 0 Å². The van der Waals surface area contributed by atoms with Crippen LogP contribution in [0.25, 0.3) is 17.2 Å². The van der Waals surface area contributed by atoms with Crippen LogP contribution in [-0.4, -0.2) is 33.6 Å². The fourth-order valence-electron chi connectivity index (χ4n) is 3.56. The molecule has 0 radical (unpaired) electrons. The molecule has 0 fully saturated rings. The van der Waals surface area contributed by atoms with Crippen LogP contribution in [0.2, 0.25) is 0 Å². The number of hydrogen-bond acceptors (Lipinski definition) is 5. The number of benzene rings is 2. The van der Waals surface area contributed by atoms with Crippen molar-refractivity contribution < 1.29 is 23.5 Å². The third-order valence-corrected chi connectivity index (χ3v) is 5.06. The van der Waals surface area contributed by atoms with Crippen LogP contribution >= 0.6 is 0 Å². The summed E-state index contributed by atoms with van der Waals surface area (Å²) in [6.45, 7) is 11.3. The van der Waals surface area contributed by atoms with Crippen molar-refractivity contribution in [3.05, 3.63) is 77.4 Å². The van der Waals surface area contributed by atoms with Crippen LogP contribution in [0, 0.1) is 5.82 Å². The average Bonchev–Trinajstić information content (AvgIpc) is 3.15. The number of esters is 1. The molecule has 3 aromatic rings. The number of carbonyl (C=O) groups excluding carboxylic acids is 2. The van der Waals surface area contributed by atoms with Crippen molar-refractivity contribution in [3.8, 4) is 17.1 Å². The molecule has 1 heterocycles. The first kappa shape index (κ1) is 25.7. The van der Waals surface area contributed by atoms with Crippen LogP contribution in [0.3, 0.4) is 0 Å². The minimum absolute atomic E-state index is 0.0298. The van der Waals surface area contributed by atoms with E-state index in [0.717, 1.165) is 6.42 Å². The second-order valence-electron chi connectivity index (χ2n) is 8.98. The van der Waals surface area contributed by atoms with E-state index in [1.165, 1.54) is 16.7 Å². The Morgan fingerprint density at radius 2 is 1.91 bits per heavy atom. The Bertz CT molecular complexity index is 1260. The lowest BCUT2D eigenvalue weighted by molar-refractivity contribution is 0.00703. The number of ether oxygens (including phenoxy) is 2. The summed E-state index contributed by atoms with van der Waals surface area (Å²) < 4.78 is 27.9. The minimum Gasteiger partial charge on any atom is -0.465 e. The largest absolute Gasteiger partial charge is 0.465 e. The lowest BCUT2D eigenvalue weighted by Crippen LogP contribution is -2.24. The molecular weight excluding hydrogens is 449 g/mol. The molecule has 0 aliphatic rings. The van der Waals surface area contributed by atoms with Gasteiger partial charge in [-0.3, -0.25) is 9.36 Å². The highest BCUT2D eigenvalue weighted by molar-refractivity contribution is 5.97. The molecule has 184 valence electrons. The number of carbonyl (C=O) groups is 2. The Morgan fingerprint density at radius 1 is 1.20 bits per heavy atom. The van der Waals surface area contributed by atoms with Crippen LogP contribution < -0.4 is 10.5 Å². The SMILES string of the molecule is C=Cc1nc(OCCC)n(Cc2ccc(-c3ccccc3C(=O)OC(C)(C)C)cc2F)c1C(N)=O. The molecule has 0 aliphatic heterocycles. The molecule has 3 rings (SSSR count). The molecular formula is C27H30FN3O4. The lowest BCUT2D eigenvalue weighted by Gasteiger charge is -2.20. The highest BCUT2D eigenvalue weighted by atomic mass is 19.1. The predicted molar refractivity (Wildman–Crippen MR) is 133 cm³/mol. The summed E-state index contributed by atoms with van der Waals surface area (Å²) in [5.74, 6) is -1.73. The molecule has 0 spiro atoms. The van der Waals surface area contributed by atoms with Crippen LogP contribution in [0.15, 0.2) is 49.0 Å². The Balaban J connectivity index is 2.00. The van der Waals surface area contributed by atoms with Gasteiger partial charge in [-0.1, -0.05) is 43.8 Å². The van der Waals surface area contributed by atoms with E-state index in [0.29, 0.717) is 28.9 Å². The molecule has 2 aromatic carbocycles. The van der Waals surface area contributed by atoms with Gasteiger partial charge in [0.05, 0.1) is 24.4 Å².